The standard InChI is InChI=1S/C27H42Cl3N3O8/c1-6-7-9-19(11-12-26(5)39-14-15-40-26)24(36)41-21(17(2)3)22(34)31-18(4)23(35)33-13-8-10-20(32-33)25(37)38-16-27(28,29)30/h6-7,17-21,32H,8-16H2,1-5H3,(H,31,34)/b7-6+/t18-,19-,20-,21-/m0/s1. The summed E-state index contributed by atoms with van der Waals surface area (Å²) in [6.07, 6.45) is 4.94. The van der Waals surface area contributed by atoms with E-state index < -0.39 is 64.0 Å². The van der Waals surface area contributed by atoms with Crippen molar-refractivity contribution in [3.05, 3.63) is 12.2 Å². The van der Waals surface area contributed by atoms with Crippen LogP contribution in [0.15, 0.2) is 12.2 Å². The highest BCUT2D eigenvalue weighted by atomic mass is 35.6. The summed E-state index contributed by atoms with van der Waals surface area (Å²) in [5.41, 5.74) is 2.82. The summed E-state index contributed by atoms with van der Waals surface area (Å²) >= 11 is 16.9. The van der Waals surface area contributed by atoms with Gasteiger partial charge in [0.15, 0.2) is 11.9 Å². The van der Waals surface area contributed by atoms with Gasteiger partial charge < -0.3 is 24.3 Å². The van der Waals surface area contributed by atoms with Crippen LogP contribution in [0.1, 0.15) is 66.7 Å². The normalized spacial score (nSPS) is 21.4. The van der Waals surface area contributed by atoms with E-state index in [1.165, 1.54) is 11.9 Å². The Morgan fingerprint density at radius 3 is 2.41 bits per heavy atom. The third kappa shape index (κ3) is 11.9. The maximum atomic E-state index is 13.2. The molecule has 2 N–H and O–H groups in total. The molecule has 11 nitrogen and oxygen atoms in total. The lowest BCUT2D eigenvalue weighted by Gasteiger charge is -2.34. The summed E-state index contributed by atoms with van der Waals surface area (Å²) in [5, 5.41) is 3.90. The first-order chi connectivity index (χ1) is 19.2. The minimum Gasteiger partial charge on any atom is -0.460 e. The molecule has 41 heavy (non-hydrogen) atoms. The van der Waals surface area contributed by atoms with Crippen LogP contribution >= 0.6 is 34.8 Å². The first-order valence-electron chi connectivity index (χ1n) is 13.9. The zero-order chi connectivity index (χ0) is 30.8. The molecule has 2 saturated heterocycles. The van der Waals surface area contributed by atoms with E-state index in [1.54, 1.807) is 13.8 Å². The van der Waals surface area contributed by atoms with Crippen molar-refractivity contribution in [2.75, 3.05) is 26.4 Å². The molecule has 0 radical (unpaired) electrons. The van der Waals surface area contributed by atoms with Crippen molar-refractivity contribution in [2.45, 2.75) is 94.5 Å². The number of hydrazine groups is 1. The van der Waals surface area contributed by atoms with Gasteiger partial charge in [0.25, 0.3) is 11.8 Å². The van der Waals surface area contributed by atoms with E-state index in [2.05, 4.69) is 10.7 Å². The predicted octanol–water partition coefficient (Wildman–Crippen LogP) is 3.59. The van der Waals surface area contributed by atoms with E-state index in [-0.39, 0.29) is 5.92 Å². The number of hydrogen-bond donors (Lipinski definition) is 2. The Morgan fingerprint density at radius 2 is 1.83 bits per heavy atom. The van der Waals surface area contributed by atoms with Gasteiger partial charge in [-0.05, 0) is 52.4 Å². The van der Waals surface area contributed by atoms with Crippen LogP contribution in [0.2, 0.25) is 0 Å². The SMILES string of the molecule is C/C=C/C[C@@H](CCC1(C)OCCO1)C(=O)O[C@H](C(=O)N[C@@H](C)C(=O)N1CCC[C@@H](C(=O)OCC(Cl)(Cl)Cl)N1)C(C)C. The molecule has 0 unspecified atom stereocenters. The van der Waals surface area contributed by atoms with E-state index in [0.717, 1.165) is 0 Å². The second-order valence-electron chi connectivity index (χ2n) is 10.7. The molecule has 2 amide bonds. The van der Waals surface area contributed by atoms with E-state index in [9.17, 15) is 19.2 Å². The minimum atomic E-state index is -1.75. The zero-order valence-electron chi connectivity index (χ0n) is 24.3. The molecule has 234 valence electrons. The Labute approximate surface area is 256 Å². The largest absolute Gasteiger partial charge is 0.460 e. The quantitative estimate of drug-likeness (QED) is 0.176. The maximum Gasteiger partial charge on any atom is 0.325 e. The molecule has 4 atom stereocenters. The van der Waals surface area contributed by atoms with Crippen LogP contribution in [0.4, 0.5) is 0 Å². The fraction of sp³-hybridized carbons (Fsp3) is 0.778. The number of carbonyl (C=O) groups excluding carboxylic acids is 4. The average molecular weight is 643 g/mol. The Balaban J connectivity index is 1.97. The van der Waals surface area contributed by atoms with Crippen LogP contribution in [0, 0.1) is 11.8 Å². The third-order valence-electron chi connectivity index (χ3n) is 6.79. The number of esters is 2. The molecule has 2 fully saturated rings. The molecule has 0 aromatic carbocycles. The minimum absolute atomic E-state index is 0.314. The smallest absolute Gasteiger partial charge is 0.325 e. The number of ether oxygens (including phenoxy) is 4. The molecule has 0 aromatic rings. The van der Waals surface area contributed by atoms with Gasteiger partial charge in [0.05, 0.1) is 19.1 Å². The number of hydrogen-bond acceptors (Lipinski definition) is 9. The van der Waals surface area contributed by atoms with Gasteiger partial charge in [-0.3, -0.25) is 24.2 Å². The fourth-order valence-corrected chi connectivity index (χ4v) is 4.61. The van der Waals surface area contributed by atoms with Crippen LogP contribution in [0.25, 0.3) is 0 Å². The zero-order valence-corrected chi connectivity index (χ0v) is 26.5. The van der Waals surface area contributed by atoms with Gasteiger partial charge in [-0.15, -0.1) is 0 Å². The molecule has 0 aromatic heterocycles. The summed E-state index contributed by atoms with van der Waals surface area (Å²) in [6.45, 7) is 9.62. The monoisotopic (exact) mass is 641 g/mol. The topological polar surface area (TPSA) is 132 Å². The van der Waals surface area contributed by atoms with E-state index >= 15 is 0 Å². The van der Waals surface area contributed by atoms with Crippen molar-refractivity contribution >= 4 is 58.6 Å². The molecule has 2 aliphatic heterocycles. The molecule has 0 spiro atoms. The lowest BCUT2D eigenvalue weighted by molar-refractivity contribution is -0.167. The first-order valence-corrected chi connectivity index (χ1v) is 15.0. The van der Waals surface area contributed by atoms with Crippen molar-refractivity contribution in [3.8, 4) is 0 Å². The van der Waals surface area contributed by atoms with E-state index in [1.807, 2.05) is 26.0 Å². The number of nitrogens with zero attached hydrogens (tertiary/aromatic N) is 1. The molecule has 0 saturated carbocycles. The van der Waals surface area contributed by atoms with Crippen molar-refractivity contribution in [1.82, 2.24) is 15.8 Å². The first kappa shape index (κ1) is 35.6. The average Bonchev–Trinajstić information content (AvgIpc) is 3.35. The second kappa shape index (κ2) is 16.3. The molecule has 14 heteroatoms. The highest BCUT2D eigenvalue weighted by Gasteiger charge is 2.37. The Bertz CT molecular complexity index is 937. The van der Waals surface area contributed by atoms with Crippen LogP contribution in [-0.4, -0.2) is 82.9 Å². The van der Waals surface area contributed by atoms with Crippen molar-refractivity contribution in [2.24, 2.45) is 11.8 Å². The van der Waals surface area contributed by atoms with Crippen LogP contribution in [-0.2, 0) is 38.1 Å². The molecule has 0 aliphatic carbocycles. The number of allylic oxidation sites excluding steroid dienone is 2. The van der Waals surface area contributed by atoms with Crippen LogP contribution in [0.5, 0.6) is 0 Å². The van der Waals surface area contributed by atoms with Crippen LogP contribution < -0.4 is 10.7 Å². The fourth-order valence-electron chi connectivity index (χ4n) is 4.44. The Morgan fingerprint density at radius 1 is 1.17 bits per heavy atom. The number of halogens is 3. The summed E-state index contributed by atoms with van der Waals surface area (Å²) < 4.78 is 20.3. The highest BCUT2D eigenvalue weighted by molar-refractivity contribution is 6.67. The molecular formula is C27H42Cl3N3O8. The second-order valence-corrected chi connectivity index (χ2v) is 13.3. The van der Waals surface area contributed by atoms with Gasteiger partial charge >= 0.3 is 11.9 Å². The molecule has 2 aliphatic rings. The number of amides is 2. The van der Waals surface area contributed by atoms with Gasteiger partial charge in [0.1, 0.15) is 18.7 Å². The predicted molar refractivity (Wildman–Crippen MR) is 154 cm³/mol. The summed E-state index contributed by atoms with van der Waals surface area (Å²) in [4.78, 5) is 51.8. The third-order valence-corrected chi connectivity index (χ3v) is 7.11. The van der Waals surface area contributed by atoms with Gasteiger partial charge in [-0.1, -0.05) is 60.8 Å². The highest BCUT2D eigenvalue weighted by Crippen LogP contribution is 2.29. The molecule has 2 rings (SSSR count). The van der Waals surface area contributed by atoms with Gasteiger partial charge in [0, 0.05) is 13.0 Å². The lowest BCUT2D eigenvalue weighted by atomic mass is 9.96. The summed E-state index contributed by atoms with van der Waals surface area (Å²) in [7, 11) is 0. The lowest BCUT2D eigenvalue weighted by Crippen LogP contribution is -2.60. The van der Waals surface area contributed by atoms with E-state index in [4.69, 9.17) is 53.8 Å². The number of rotatable bonds is 13. The summed E-state index contributed by atoms with van der Waals surface area (Å²) in [6, 6.07) is -1.79. The number of carbonyl (C=O) groups is 4. The molecular weight excluding hydrogens is 601 g/mol. The van der Waals surface area contributed by atoms with Gasteiger partial charge in [0.2, 0.25) is 3.79 Å². The summed E-state index contributed by atoms with van der Waals surface area (Å²) in [5.74, 6) is -3.84. The van der Waals surface area contributed by atoms with Crippen molar-refractivity contribution in [1.29, 1.82) is 0 Å². The maximum absolute atomic E-state index is 13.2. The van der Waals surface area contributed by atoms with Gasteiger partial charge in [-0.25, -0.2) is 5.43 Å². The van der Waals surface area contributed by atoms with E-state index in [0.29, 0.717) is 51.9 Å². The molecule has 2 heterocycles. The molecule has 0 bridgehead atoms. The number of alkyl halides is 3. The number of nitrogens with one attached hydrogen (secondary N) is 2. The van der Waals surface area contributed by atoms with Crippen LogP contribution in [0.3, 0.4) is 0 Å². The van der Waals surface area contributed by atoms with Crippen molar-refractivity contribution in [3.63, 3.8) is 0 Å². The van der Waals surface area contributed by atoms with Crippen molar-refractivity contribution < 1.29 is 38.1 Å². The Kier molecular flexibility index (Phi) is 14.1. The van der Waals surface area contributed by atoms with Gasteiger partial charge in [-0.2, -0.15) is 0 Å². The Hall–Kier alpha value is -1.63.